The van der Waals surface area contributed by atoms with Crippen LogP contribution in [0, 0.1) is 0 Å². The second kappa shape index (κ2) is 8.20. The van der Waals surface area contributed by atoms with Gasteiger partial charge in [0.2, 0.25) is 5.91 Å². The molecular weight excluding hydrogens is 292 g/mol. The van der Waals surface area contributed by atoms with Crippen molar-refractivity contribution in [2.24, 2.45) is 5.73 Å². The van der Waals surface area contributed by atoms with E-state index >= 15 is 0 Å². The smallest absolute Gasteiger partial charge is 0.239 e. The molecule has 0 aliphatic carbocycles. The predicted octanol–water partition coefficient (Wildman–Crippen LogP) is 2.36. The van der Waals surface area contributed by atoms with E-state index in [0.29, 0.717) is 0 Å². The summed E-state index contributed by atoms with van der Waals surface area (Å²) in [5, 5.41) is 0. The molecule has 0 spiro atoms. The molecule has 2 rings (SSSR count). The van der Waals surface area contributed by atoms with Gasteiger partial charge in [0.25, 0.3) is 0 Å². The Balaban J connectivity index is 2.02. The van der Waals surface area contributed by atoms with E-state index < -0.39 is 6.04 Å². The van der Waals surface area contributed by atoms with E-state index in [2.05, 4.69) is 6.07 Å². The molecule has 1 saturated heterocycles. The van der Waals surface area contributed by atoms with Crippen LogP contribution in [0.5, 0.6) is 11.5 Å². The molecule has 2 N–H and O–H groups in total. The number of likely N-dealkylation sites (tertiary alicyclic amines) is 1. The molecule has 1 aliphatic rings. The third kappa shape index (κ3) is 4.38. The van der Waals surface area contributed by atoms with Crippen LogP contribution >= 0.6 is 0 Å². The van der Waals surface area contributed by atoms with E-state index in [1.807, 2.05) is 17.0 Å². The number of hydrogen-bond donors (Lipinski definition) is 1. The lowest BCUT2D eigenvalue weighted by molar-refractivity contribution is -0.136. The second-order valence-electron chi connectivity index (χ2n) is 6.20. The van der Waals surface area contributed by atoms with Gasteiger partial charge in [0.05, 0.1) is 20.3 Å². The molecule has 1 aromatic carbocycles. The molecule has 0 aromatic heterocycles. The first-order chi connectivity index (χ1) is 11.1. The minimum absolute atomic E-state index is 0.0713. The number of piperidine rings is 1. The summed E-state index contributed by atoms with van der Waals surface area (Å²) in [5.41, 5.74) is 6.98. The molecule has 128 valence electrons. The number of nitrogens with zero attached hydrogens (tertiary/aromatic N) is 1. The quantitative estimate of drug-likeness (QED) is 0.874. The standard InChI is InChI=1S/C18H28N2O3/c1-13(19)18(21)20-11-5-4-6-15(20)9-7-14-8-10-16(22-2)17(12-14)23-3/h8,10,12-13,15H,4-7,9,11,19H2,1-3H3/t13-,15?/m0/s1. The first kappa shape index (κ1) is 17.6. The van der Waals surface area contributed by atoms with Crippen molar-refractivity contribution < 1.29 is 14.3 Å². The highest BCUT2D eigenvalue weighted by atomic mass is 16.5. The SMILES string of the molecule is COc1ccc(CCC2CCCCN2C(=O)[C@H](C)N)cc1OC. The van der Waals surface area contributed by atoms with Crippen molar-refractivity contribution in [3.8, 4) is 11.5 Å². The Morgan fingerprint density at radius 1 is 1.30 bits per heavy atom. The van der Waals surface area contributed by atoms with Gasteiger partial charge in [-0.15, -0.1) is 0 Å². The van der Waals surface area contributed by atoms with Crippen LogP contribution in [0.3, 0.4) is 0 Å². The summed E-state index contributed by atoms with van der Waals surface area (Å²) in [6.45, 7) is 2.60. The van der Waals surface area contributed by atoms with Crippen molar-refractivity contribution in [1.29, 1.82) is 0 Å². The van der Waals surface area contributed by atoms with Gasteiger partial charge in [0, 0.05) is 12.6 Å². The minimum atomic E-state index is -0.420. The summed E-state index contributed by atoms with van der Waals surface area (Å²) in [4.78, 5) is 14.2. The van der Waals surface area contributed by atoms with E-state index in [1.165, 1.54) is 12.0 Å². The zero-order valence-corrected chi connectivity index (χ0v) is 14.4. The van der Waals surface area contributed by atoms with Crippen molar-refractivity contribution >= 4 is 5.91 Å². The fourth-order valence-electron chi connectivity index (χ4n) is 3.22. The zero-order chi connectivity index (χ0) is 16.8. The Labute approximate surface area is 138 Å². The number of methoxy groups -OCH3 is 2. The molecule has 1 unspecified atom stereocenters. The number of rotatable bonds is 6. The summed E-state index contributed by atoms with van der Waals surface area (Å²) >= 11 is 0. The maximum absolute atomic E-state index is 12.3. The van der Waals surface area contributed by atoms with Crippen LogP contribution in [0.2, 0.25) is 0 Å². The lowest BCUT2D eigenvalue weighted by atomic mass is 9.95. The van der Waals surface area contributed by atoms with Crippen LogP contribution in [0.15, 0.2) is 18.2 Å². The molecule has 1 aliphatic heterocycles. The molecule has 0 radical (unpaired) electrons. The highest BCUT2D eigenvalue weighted by Gasteiger charge is 2.28. The van der Waals surface area contributed by atoms with Crippen LogP contribution in [-0.4, -0.2) is 43.7 Å². The maximum atomic E-state index is 12.3. The summed E-state index contributed by atoms with van der Waals surface area (Å²) in [7, 11) is 3.28. The Bertz CT molecular complexity index is 531. The Kier molecular flexibility index (Phi) is 6.28. The third-order valence-corrected chi connectivity index (χ3v) is 4.51. The molecule has 2 atom stereocenters. The molecule has 23 heavy (non-hydrogen) atoms. The fourth-order valence-corrected chi connectivity index (χ4v) is 3.22. The van der Waals surface area contributed by atoms with Crippen molar-refractivity contribution in [2.75, 3.05) is 20.8 Å². The van der Waals surface area contributed by atoms with Gasteiger partial charge in [0.1, 0.15) is 0 Å². The van der Waals surface area contributed by atoms with E-state index in [1.54, 1.807) is 21.1 Å². The molecule has 5 heteroatoms. The van der Waals surface area contributed by atoms with Crippen molar-refractivity contribution in [2.45, 2.75) is 51.1 Å². The average molecular weight is 320 g/mol. The Morgan fingerprint density at radius 2 is 2.04 bits per heavy atom. The van der Waals surface area contributed by atoms with E-state index in [-0.39, 0.29) is 11.9 Å². The number of hydrogen-bond acceptors (Lipinski definition) is 4. The zero-order valence-electron chi connectivity index (χ0n) is 14.4. The van der Waals surface area contributed by atoms with Crippen LogP contribution in [0.4, 0.5) is 0 Å². The van der Waals surface area contributed by atoms with Gasteiger partial charge < -0.3 is 20.1 Å². The van der Waals surface area contributed by atoms with Crippen molar-refractivity contribution in [3.63, 3.8) is 0 Å². The Hall–Kier alpha value is -1.75. The largest absolute Gasteiger partial charge is 0.493 e. The maximum Gasteiger partial charge on any atom is 0.239 e. The van der Waals surface area contributed by atoms with Crippen LogP contribution < -0.4 is 15.2 Å². The summed E-state index contributed by atoms with van der Waals surface area (Å²) in [6, 6.07) is 5.87. The summed E-state index contributed by atoms with van der Waals surface area (Å²) < 4.78 is 10.6. The Morgan fingerprint density at radius 3 is 2.70 bits per heavy atom. The van der Waals surface area contributed by atoms with Crippen LogP contribution in [-0.2, 0) is 11.2 Å². The highest BCUT2D eigenvalue weighted by Crippen LogP contribution is 2.29. The van der Waals surface area contributed by atoms with Crippen LogP contribution in [0.25, 0.3) is 0 Å². The monoisotopic (exact) mass is 320 g/mol. The van der Waals surface area contributed by atoms with Crippen molar-refractivity contribution in [3.05, 3.63) is 23.8 Å². The van der Waals surface area contributed by atoms with Gasteiger partial charge in [-0.3, -0.25) is 4.79 Å². The fraction of sp³-hybridized carbons (Fsp3) is 0.611. The van der Waals surface area contributed by atoms with Gasteiger partial charge in [0.15, 0.2) is 11.5 Å². The van der Waals surface area contributed by atoms with Gasteiger partial charge >= 0.3 is 0 Å². The minimum Gasteiger partial charge on any atom is -0.493 e. The first-order valence-corrected chi connectivity index (χ1v) is 8.33. The number of amides is 1. The number of carbonyl (C=O) groups is 1. The molecule has 1 aromatic rings. The normalized spacial score (nSPS) is 19.3. The number of carbonyl (C=O) groups excluding carboxylic acids is 1. The van der Waals surface area contributed by atoms with E-state index in [9.17, 15) is 4.79 Å². The third-order valence-electron chi connectivity index (χ3n) is 4.51. The summed E-state index contributed by atoms with van der Waals surface area (Å²) in [5.74, 6) is 1.56. The summed E-state index contributed by atoms with van der Waals surface area (Å²) in [6.07, 6.45) is 5.18. The average Bonchev–Trinajstić information content (AvgIpc) is 2.59. The number of aryl methyl sites for hydroxylation is 1. The van der Waals surface area contributed by atoms with Gasteiger partial charge in [-0.05, 0) is 56.7 Å². The number of benzene rings is 1. The van der Waals surface area contributed by atoms with Crippen molar-refractivity contribution in [1.82, 2.24) is 4.90 Å². The molecular formula is C18H28N2O3. The number of ether oxygens (including phenoxy) is 2. The van der Waals surface area contributed by atoms with Gasteiger partial charge in [-0.1, -0.05) is 6.07 Å². The molecule has 0 bridgehead atoms. The topological polar surface area (TPSA) is 64.8 Å². The van der Waals surface area contributed by atoms with E-state index in [0.717, 1.165) is 43.7 Å². The lowest BCUT2D eigenvalue weighted by Crippen LogP contribution is -2.49. The van der Waals surface area contributed by atoms with E-state index in [4.69, 9.17) is 15.2 Å². The second-order valence-corrected chi connectivity index (χ2v) is 6.20. The van der Waals surface area contributed by atoms with Crippen LogP contribution in [0.1, 0.15) is 38.2 Å². The predicted molar refractivity (Wildman–Crippen MR) is 90.9 cm³/mol. The molecule has 0 saturated carbocycles. The molecule has 1 heterocycles. The first-order valence-electron chi connectivity index (χ1n) is 8.33. The molecule has 5 nitrogen and oxygen atoms in total. The highest BCUT2D eigenvalue weighted by molar-refractivity contribution is 5.81. The lowest BCUT2D eigenvalue weighted by Gasteiger charge is -2.37. The molecule has 1 fully saturated rings. The van der Waals surface area contributed by atoms with Gasteiger partial charge in [-0.2, -0.15) is 0 Å². The molecule has 1 amide bonds. The van der Waals surface area contributed by atoms with Gasteiger partial charge in [-0.25, -0.2) is 0 Å². The number of nitrogens with two attached hydrogens (primary N) is 1.